The van der Waals surface area contributed by atoms with Crippen molar-refractivity contribution in [1.29, 1.82) is 0 Å². The molecule has 1 atom stereocenters. The van der Waals surface area contributed by atoms with E-state index < -0.39 is 0 Å². The predicted octanol–water partition coefficient (Wildman–Crippen LogP) is 5.06. The summed E-state index contributed by atoms with van der Waals surface area (Å²) in [4.78, 5) is 22.1. The summed E-state index contributed by atoms with van der Waals surface area (Å²) in [5, 5.41) is 0.733. The maximum Gasteiger partial charge on any atom is 0.298 e. The second-order valence-electron chi connectivity index (χ2n) is 7.97. The van der Waals surface area contributed by atoms with Crippen molar-refractivity contribution in [2.45, 2.75) is 31.7 Å². The first-order chi connectivity index (χ1) is 14.2. The van der Waals surface area contributed by atoms with Crippen LogP contribution >= 0.6 is 11.6 Å². The highest BCUT2D eigenvalue weighted by Crippen LogP contribution is 2.35. The van der Waals surface area contributed by atoms with Crippen LogP contribution in [0.15, 0.2) is 52.9 Å². The van der Waals surface area contributed by atoms with Crippen molar-refractivity contribution in [1.82, 2.24) is 9.88 Å². The van der Waals surface area contributed by atoms with Gasteiger partial charge in [-0.3, -0.25) is 4.79 Å². The number of hydrogen-bond acceptors (Lipinski definition) is 4. The number of benzene rings is 2. The van der Waals surface area contributed by atoms with Gasteiger partial charge in [0.05, 0.1) is 6.04 Å². The third kappa shape index (κ3) is 3.60. The number of nitrogens with zero attached hydrogens (tertiary/aromatic N) is 3. The lowest BCUT2D eigenvalue weighted by atomic mass is 9.94. The summed E-state index contributed by atoms with van der Waals surface area (Å²) >= 11 is 6.03. The predicted molar refractivity (Wildman–Crippen MR) is 114 cm³/mol. The SMILES string of the molecule is O=C(C1CCN(c2nc3ccccc3o2)CC1)N1CCC[C@H]1c1ccc(Cl)cc1. The standard InChI is InChI=1S/C23H24ClN3O2/c24-18-9-7-16(8-10-18)20-5-3-13-27(20)22(28)17-11-14-26(15-12-17)23-25-19-4-1-2-6-21(19)29-23/h1-2,4,6-10,17,20H,3,5,11-15H2/t20-/m0/s1. The minimum Gasteiger partial charge on any atom is -0.423 e. The zero-order valence-electron chi connectivity index (χ0n) is 16.3. The normalized spacial score (nSPS) is 20.5. The highest BCUT2D eigenvalue weighted by Gasteiger charge is 2.36. The molecule has 3 heterocycles. The van der Waals surface area contributed by atoms with E-state index in [2.05, 4.69) is 26.9 Å². The lowest BCUT2D eigenvalue weighted by molar-refractivity contribution is -0.137. The van der Waals surface area contributed by atoms with E-state index in [1.807, 2.05) is 36.4 Å². The van der Waals surface area contributed by atoms with Crippen molar-refractivity contribution in [3.05, 3.63) is 59.1 Å². The van der Waals surface area contributed by atoms with Gasteiger partial charge in [0, 0.05) is 30.6 Å². The smallest absolute Gasteiger partial charge is 0.298 e. The third-order valence-electron chi connectivity index (χ3n) is 6.19. The quantitative estimate of drug-likeness (QED) is 0.606. The Balaban J connectivity index is 1.25. The molecule has 3 aromatic rings. The molecule has 0 spiro atoms. The average molecular weight is 410 g/mol. The number of halogens is 1. The minimum absolute atomic E-state index is 0.0727. The van der Waals surface area contributed by atoms with Crippen molar-refractivity contribution in [2.24, 2.45) is 5.92 Å². The van der Waals surface area contributed by atoms with Gasteiger partial charge in [-0.15, -0.1) is 0 Å². The van der Waals surface area contributed by atoms with E-state index in [0.717, 1.165) is 61.4 Å². The molecule has 5 nitrogen and oxygen atoms in total. The topological polar surface area (TPSA) is 49.6 Å². The van der Waals surface area contributed by atoms with Crippen LogP contribution in [-0.4, -0.2) is 35.4 Å². The Hall–Kier alpha value is -2.53. The van der Waals surface area contributed by atoms with Crippen LogP contribution in [0.5, 0.6) is 0 Å². The molecular weight excluding hydrogens is 386 g/mol. The van der Waals surface area contributed by atoms with Gasteiger partial charge in [0.2, 0.25) is 5.91 Å². The number of likely N-dealkylation sites (tertiary alicyclic amines) is 1. The fraction of sp³-hybridized carbons (Fsp3) is 0.391. The molecule has 6 heteroatoms. The van der Waals surface area contributed by atoms with Gasteiger partial charge in [-0.05, 0) is 55.5 Å². The van der Waals surface area contributed by atoms with Crippen molar-refractivity contribution in [3.63, 3.8) is 0 Å². The Morgan fingerprint density at radius 1 is 1.00 bits per heavy atom. The molecule has 1 aromatic heterocycles. The van der Waals surface area contributed by atoms with Crippen LogP contribution in [0.4, 0.5) is 6.01 Å². The van der Waals surface area contributed by atoms with Crippen molar-refractivity contribution < 1.29 is 9.21 Å². The van der Waals surface area contributed by atoms with Crippen LogP contribution in [0.3, 0.4) is 0 Å². The minimum atomic E-state index is 0.0727. The molecule has 1 amide bonds. The monoisotopic (exact) mass is 409 g/mol. The van der Waals surface area contributed by atoms with E-state index in [1.54, 1.807) is 0 Å². The number of para-hydroxylation sites is 2. The van der Waals surface area contributed by atoms with Crippen molar-refractivity contribution >= 4 is 34.6 Å². The van der Waals surface area contributed by atoms with Crippen LogP contribution in [0.1, 0.15) is 37.3 Å². The first-order valence-corrected chi connectivity index (χ1v) is 10.7. The van der Waals surface area contributed by atoms with Crippen LogP contribution in [0, 0.1) is 5.92 Å². The number of rotatable bonds is 3. The molecule has 5 rings (SSSR count). The Kier molecular flexibility index (Phi) is 4.92. The second-order valence-corrected chi connectivity index (χ2v) is 8.40. The zero-order valence-corrected chi connectivity index (χ0v) is 17.0. The molecule has 0 aliphatic carbocycles. The average Bonchev–Trinajstić information content (AvgIpc) is 3.41. The van der Waals surface area contributed by atoms with Gasteiger partial charge in [0.1, 0.15) is 5.52 Å². The zero-order chi connectivity index (χ0) is 19.8. The summed E-state index contributed by atoms with van der Waals surface area (Å²) in [5.41, 5.74) is 2.87. The summed E-state index contributed by atoms with van der Waals surface area (Å²) in [6, 6.07) is 16.6. The van der Waals surface area contributed by atoms with Crippen molar-refractivity contribution in [2.75, 3.05) is 24.5 Å². The van der Waals surface area contributed by atoms with E-state index in [0.29, 0.717) is 11.9 Å². The fourth-order valence-corrected chi connectivity index (χ4v) is 4.74. The summed E-state index contributed by atoms with van der Waals surface area (Å²) in [7, 11) is 0. The van der Waals surface area contributed by atoms with E-state index in [9.17, 15) is 4.79 Å². The molecule has 150 valence electrons. The molecule has 2 aromatic carbocycles. The van der Waals surface area contributed by atoms with Crippen molar-refractivity contribution in [3.8, 4) is 0 Å². The molecule has 2 aliphatic heterocycles. The first-order valence-electron chi connectivity index (χ1n) is 10.4. The molecule has 2 aliphatic rings. The number of carbonyl (C=O) groups excluding carboxylic acids is 1. The van der Waals surface area contributed by atoms with Gasteiger partial charge >= 0.3 is 0 Å². The first kappa shape index (κ1) is 18.5. The fourth-order valence-electron chi connectivity index (χ4n) is 4.61. The molecule has 0 saturated carbocycles. The number of amides is 1. The molecule has 0 radical (unpaired) electrons. The second kappa shape index (κ2) is 7.71. The van der Waals surface area contributed by atoms with Gasteiger partial charge in [0.25, 0.3) is 6.01 Å². The van der Waals surface area contributed by atoms with E-state index >= 15 is 0 Å². The largest absolute Gasteiger partial charge is 0.423 e. The molecule has 0 bridgehead atoms. The molecule has 29 heavy (non-hydrogen) atoms. The van der Waals surface area contributed by atoms with E-state index in [4.69, 9.17) is 16.0 Å². The highest BCUT2D eigenvalue weighted by atomic mass is 35.5. The van der Waals surface area contributed by atoms with Gasteiger partial charge in [-0.2, -0.15) is 4.98 Å². The number of anilines is 1. The van der Waals surface area contributed by atoms with Crippen LogP contribution in [0.2, 0.25) is 5.02 Å². The van der Waals surface area contributed by atoms with E-state index in [1.165, 1.54) is 5.56 Å². The third-order valence-corrected chi connectivity index (χ3v) is 6.44. The number of carbonyl (C=O) groups is 1. The Bertz CT molecular complexity index is 975. The number of fused-ring (bicyclic) bond motifs is 1. The van der Waals surface area contributed by atoms with Gasteiger partial charge in [0.15, 0.2) is 5.58 Å². The Morgan fingerprint density at radius 2 is 1.76 bits per heavy atom. The Labute approximate surface area is 175 Å². The molecule has 0 N–H and O–H groups in total. The number of hydrogen-bond donors (Lipinski definition) is 0. The van der Waals surface area contributed by atoms with Crippen LogP contribution < -0.4 is 4.90 Å². The van der Waals surface area contributed by atoms with Gasteiger partial charge in [-0.1, -0.05) is 35.9 Å². The molecule has 2 fully saturated rings. The summed E-state index contributed by atoms with van der Waals surface area (Å²) in [6.07, 6.45) is 3.75. The number of aromatic nitrogens is 1. The maximum atomic E-state index is 13.3. The van der Waals surface area contributed by atoms with E-state index in [-0.39, 0.29) is 12.0 Å². The summed E-state index contributed by atoms with van der Waals surface area (Å²) < 4.78 is 5.90. The lowest BCUT2D eigenvalue weighted by Crippen LogP contribution is -2.42. The maximum absolute atomic E-state index is 13.3. The lowest BCUT2D eigenvalue weighted by Gasteiger charge is -2.34. The summed E-state index contributed by atoms with van der Waals surface area (Å²) in [6.45, 7) is 2.43. The van der Waals surface area contributed by atoms with Gasteiger partial charge in [-0.25, -0.2) is 0 Å². The molecule has 0 unspecified atom stereocenters. The number of oxazole rings is 1. The molecular formula is C23H24ClN3O2. The summed E-state index contributed by atoms with van der Waals surface area (Å²) in [5.74, 6) is 0.364. The Morgan fingerprint density at radius 3 is 2.52 bits per heavy atom. The van der Waals surface area contributed by atoms with Gasteiger partial charge < -0.3 is 14.2 Å². The highest BCUT2D eigenvalue weighted by molar-refractivity contribution is 6.30. The van der Waals surface area contributed by atoms with Crippen LogP contribution in [0.25, 0.3) is 11.1 Å². The number of piperidine rings is 1. The molecule has 2 saturated heterocycles. The van der Waals surface area contributed by atoms with Crippen LogP contribution in [-0.2, 0) is 4.79 Å².